The van der Waals surface area contributed by atoms with Gasteiger partial charge in [0.2, 0.25) is 5.91 Å². The van der Waals surface area contributed by atoms with E-state index in [-0.39, 0.29) is 11.9 Å². The number of carbonyl (C=O) groups is 1. The largest absolute Gasteiger partial charge is 0.349 e. The van der Waals surface area contributed by atoms with Gasteiger partial charge in [0, 0.05) is 10.8 Å². The fourth-order valence-corrected chi connectivity index (χ4v) is 3.12. The predicted molar refractivity (Wildman–Crippen MR) is 90.6 cm³/mol. The Bertz CT molecular complexity index is 588. The Labute approximate surface area is 134 Å². The lowest BCUT2D eigenvalue weighted by atomic mass is 10.1. The van der Waals surface area contributed by atoms with Crippen molar-refractivity contribution in [1.82, 2.24) is 5.32 Å². The van der Waals surface area contributed by atoms with Crippen LogP contribution in [0.3, 0.4) is 0 Å². The van der Waals surface area contributed by atoms with Crippen LogP contribution in [0.25, 0.3) is 0 Å². The molecule has 1 atom stereocenters. The molecule has 0 aromatic heterocycles. The van der Waals surface area contributed by atoms with Gasteiger partial charge in [-0.2, -0.15) is 0 Å². The van der Waals surface area contributed by atoms with Crippen LogP contribution >= 0.6 is 23.4 Å². The number of rotatable bonds is 6. The average Bonchev–Trinajstić information content (AvgIpc) is 2.48. The van der Waals surface area contributed by atoms with E-state index in [4.69, 9.17) is 11.6 Å². The zero-order valence-electron chi connectivity index (χ0n) is 11.9. The highest BCUT2D eigenvalue weighted by atomic mass is 35.5. The van der Waals surface area contributed by atoms with E-state index < -0.39 is 0 Å². The molecule has 21 heavy (non-hydrogen) atoms. The van der Waals surface area contributed by atoms with Crippen molar-refractivity contribution in [3.05, 3.63) is 70.7 Å². The predicted octanol–water partition coefficient (Wildman–Crippen LogP) is 4.45. The molecule has 1 amide bonds. The molecule has 0 radical (unpaired) electrons. The van der Waals surface area contributed by atoms with Crippen molar-refractivity contribution >= 4 is 29.3 Å². The minimum absolute atomic E-state index is 0.0309. The van der Waals surface area contributed by atoms with Crippen molar-refractivity contribution in [1.29, 1.82) is 0 Å². The van der Waals surface area contributed by atoms with Gasteiger partial charge in [-0.1, -0.05) is 60.1 Å². The van der Waals surface area contributed by atoms with Gasteiger partial charge >= 0.3 is 0 Å². The first-order valence-electron chi connectivity index (χ1n) is 6.82. The number of halogens is 1. The average molecular weight is 320 g/mol. The summed E-state index contributed by atoms with van der Waals surface area (Å²) in [5.74, 6) is 1.32. The van der Waals surface area contributed by atoms with Gasteiger partial charge in [0.25, 0.3) is 0 Å². The maximum absolute atomic E-state index is 12.0. The molecule has 2 nitrogen and oxygen atoms in total. The molecule has 0 bridgehead atoms. The second-order valence-corrected chi connectivity index (χ2v) is 6.18. The van der Waals surface area contributed by atoms with Gasteiger partial charge in [0.05, 0.1) is 11.8 Å². The summed E-state index contributed by atoms with van der Waals surface area (Å²) in [4.78, 5) is 12.0. The maximum atomic E-state index is 12.0. The summed E-state index contributed by atoms with van der Waals surface area (Å²) in [6.45, 7) is 1.95. The smallest absolute Gasteiger partial charge is 0.230 e. The van der Waals surface area contributed by atoms with Crippen LogP contribution in [0.5, 0.6) is 0 Å². The van der Waals surface area contributed by atoms with Gasteiger partial charge in [-0.05, 0) is 24.1 Å². The van der Waals surface area contributed by atoms with E-state index in [0.29, 0.717) is 10.8 Å². The lowest BCUT2D eigenvalue weighted by Crippen LogP contribution is -2.28. The highest BCUT2D eigenvalue weighted by Gasteiger charge is 2.12. The maximum Gasteiger partial charge on any atom is 0.230 e. The van der Waals surface area contributed by atoms with Crippen LogP contribution in [0.15, 0.2) is 54.6 Å². The third kappa shape index (κ3) is 5.10. The normalized spacial score (nSPS) is 11.9. The molecule has 0 unspecified atom stereocenters. The topological polar surface area (TPSA) is 29.1 Å². The fourth-order valence-electron chi connectivity index (χ4n) is 2.02. The summed E-state index contributed by atoms with van der Waals surface area (Å²) in [5.41, 5.74) is 2.18. The molecule has 1 N–H and O–H groups in total. The Morgan fingerprint density at radius 1 is 1.14 bits per heavy atom. The number of benzene rings is 2. The minimum Gasteiger partial charge on any atom is -0.349 e. The first kappa shape index (κ1) is 15.9. The highest BCUT2D eigenvalue weighted by molar-refractivity contribution is 7.99. The monoisotopic (exact) mass is 319 g/mol. The molecule has 4 heteroatoms. The molecule has 0 aliphatic carbocycles. The summed E-state index contributed by atoms with van der Waals surface area (Å²) < 4.78 is 0. The van der Waals surface area contributed by atoms with E-state index >= 15 is 0 Å². The molecule has 0 fully saturated rings. The van der Waals surface area contributed by atoms with Crippen LogP contribution < -0.4 is 5.32 Å². The number of hydrogen-bond acceptors (Lipinski definition) is 2. The van der Waals surface area contributed by atoms with Crippen molar-refractivity contribution < 1.29 is 4.79 Å². The standard InChI is InChI=1S/C17H18ClNOS/c1-13(15-9-5-6-10-16(15)18)19-17(20)12-21-11-14-7-3-2-4-8-14/h2-10,13H,11-12H2,1H3,(H,19,20)/t13-/m1/s1. The van der Waals surface area contributed by atoms with Crippen molar-refractivity contribution in [2.45, 2.75) is 18.7 Å². The molecular formula is C17H18ClNOS. The number of hydrogen-bond donors (Lipinski definition) is 1. The van der Waals surface area contributed by atoms with Crippen molar-refractivity contribution in [3.63, 3.8) is 0 Å². The molecule has 110 valence electrons. The van der Waals surface area contributed by atoms with Crippen LogP contribution in [-0.2, 0) is 10.5 Å². The lowest BCUT2D eigenvalue weighted by molar-refractivity contribution is -0.119. The van der Waals surface area contributed by atoms with Gasteiger partial charge in [-0.3, -0.25) is 4.79 Å². The molecular weight excluding hydrogens is 302 g/mol. The van der Waals surface area contributed by atoms with Gasteiger partial charge in [0.15, 0.2) is 0 Å². The SMILES string of the molecule is C[C@@H](NC(=O)CSCc1ccccc1)c1ccccc1Cl. The Balaban J connectivity index is 1.78. The first-order valence-corrected chi connectivity index (χ1v) is 8.35. The summed E-state index contributed by atoms with van der Waals surface area (Å²) in [6, 6.07) is 17.6. The van der Waals surface area contributed by atoms with E-state index in [2.05, 4.69) is 17.4 Å². The second kappa shape index (κ2) is 8.11. The molecule has 2 aromatic rings. The molecule has 0 heterocycles. The summed E-state index contributed by atoms with van der Waals surface area (Å²) in [6.07, 6.45) is 0. The number of carbonyl (C=O) groups excluding carboxylic acids is 1. The van der Waals surface area contributed by atoms with Crippen LogP contribution in [-0.4, -0.2) is 11.7 Å². The third-order valence-corrected chi connectivity index (χ3v) is 4.44. The van der Waals surface area contributed by atoms with E-state index in [1.165, 1.54) is 5.56 Å². The fraction of sp³-hybridized carbons (Fsp3) is 0.235. The van der Waals surface area contributed by atoms with E-state index in [0.717, 1.165) is 11.3 Å². The van der Waals surface area contributed by atoms with Crippen LogP contribution in [0.1, 0.15) is 24.1 Å². The first-order chi connectivity index (χ1) is 10.2. The van der Waals surface area contributed by atoms with Gasteiger partial charge in [-0.25, -0.2) is 0 Å². The van der Waals surface area contributed by atoms with Crippen LogP contribution in [0.4, 0.5) is 0 Å². The zero-order chi connectivity index (χ0) is 15.1. The van der Waals surface area contributed by atoms with Crippen molar-refractivity contribution in [2.24, 2.45) is 0 Å². The minimum atomic E-state index is -0.0801. The molecule has 2 rings (SSSR count). The molecule has 2 aromatic carbocycles. The Kier molecular flexibility index (Phi) is 6.15. The van der Waals surface area contributed by atoms with E-state index in [1.807, 2.05) is 49.4 Å². The summed E-state index contributed by atoms with van der Waals surface area (Å²) in [5, 5.41) is 3.66. The Morgan fingerprint density at radius 2 is 1.81 bits per heavy atom. The number of amides is 1. The molecule has 0 saturated heterocycles. The summed E-state index contributed by atoms with van der Waals surface area (Å²) in [7, 11) is 0. The molecule has 0 aliphatic heterocycles. The van der Waals surface area contributed by atoms with E-state index in [1.54, 1.807) is 11.8 Å². The Hall–Kier alpha value is -1.45. The van der Waals surface area contributed by atoms with Crippen LogP contribution in [0.2, 0.25) is 5.02 Å². The Morgan fingerprint density at radius 3 is 2.52 bits per heavy atom. The van der Waals surface area contributed by atoms with Gasteiger partial charge < -0.3 is 5.32 Å². The molecule has 0 aliphatic rings. The zero-order valence-corrected chi connectivity index (χ0v) is 13.5. The third-order valence-electron chi connectivity index (χ3n) is 3.09. The molecule has 0 spiro atoms. The number of thioether (sulfide) groups is 1. The second-order valence-electron chi connectivity index (χ2n) is 4.79. The lowest BCUT2D eigenvalue weighted by Gasteiger charge is -2.15. The quantitative estimate of drug-likeness (QED) is 0.852. The van der Waals surface area contributed by atoms with Crippen molar-refractivity contribution in [3.8, 4) is 0 Å². The van der Waals surface area contributed by atoms with Gasteiger partial charge in [0.1, 0.15) is 0 Å². The van der Waals surface area contributed by atoms with Crippen LogP contribution in [0, 0.1) is 0 Å². The van der Waals surface area contributed by atoms with Gasteiger partial charge in [-0.15, -0.1) is 11.8 Å². The summed E-state index contributed by atoms with van der Waals surface area (Å²) >= 11 is 7.74. The van der Waals surface area contributed by atoms with Crippen molar-refractivity contribution in [2.75, 3.05) is 5.75 Å². The van der Waals surface area contributed by atoms with E-state index in [9.17, 15) is 4.79 Å². The highest BCUT2D eigenvalue weighted by Crippen LogP contribution is 2.22. The molecule has 0 saturated carbocycles. The number of nitrogens with one attached hydrogen (secondary N) is 1.